The fraction of sp³-hybridized carbons (Fsp3) is 0.467. The second-order valence-corrected chi connectivity index (χ2v) is 5.75. The quantitative estimate of drug-likeness (QED) is 0.512. The molecule has 1 aromatic heterocycles. The van der Waals surface area contributed by atoms with E-state index in [1.165, 1.54) is 6.07 Å². The average Bonchev–Trinajstić information content (AvgIpc) is 2.37. The van der Waals surface area contributed by atoms with E-state index in [2.05, 4.69) is 10.3 Å². The fourth-order valence-corrected chi connectivity index (χ4v) is 1.60. The van der Waals surface area contributed by atoms with Gasteiger partial charge in [-0.15, -0.1) is 0 Å². The third-order valence-corrected chi connectivity index (χ3v) is 2.57. The number of nitro groups is 1. The number of pyridine rings is 1. The minimum Gasteiger partial charge on any atom is -0.444 e. The van der Waals surface area contributed by atoms with Gasteiger partial charge in [-0.05, 0) is 39.7 Å². The number of carbonyl (C=O) groups is 1. The Morgan fingerprint density at radius 1 is 1.50 bits per heavy atom. The normalized spacial score (nSPS) is 11.5. The number of ether oxygens (including phenoxy) is 1. The summed E-state index contributed by atoms with van der Waals surface area (Å²) in [5.74, 6) is 0. The van der Waals surface area contributed by atoms with Crippen molar-refractivity contribution in [3.05, 3.63) is 39.7 Å². The Balaban J connectivity index is 2.45. The SMILES string of the molecule is Cc1ncc(C=CCCNC(=O)OC(C)(C)C)cc1[N+](=O)[O-]. The second-order valence-electron chi connectivity index (χ2n) is 5.75. The third-order valence-electron chi connectivity index (χ3n) is 2.57. The number of hydrogen-bond donors (Lipinski definition) is 1. The molecule has 0 aliphatic carbocycles. The van der Waals surface area contributed by atoms with E-state index in [9.17, 15) is 14.9 Å². The van der Waals surface area contributed by atoms with Crippen LogP contribution in [0.5, 0.6) is 0 Å². The molecule has 0 unspecified atom stereocenters. The number of alkyl carbamates (subject to hydrolysis) is 1. The van der Waals surface area contributed by atoms with Crippen molar-refractivity contribution in [2.24, 2.45) is 0 Å². The number of nitrogens with one attached hydrogen (secondary N) is 1. The van der Waals surface area contributed by atoms with Gasteiger partial charge < -0.3 is 10.1 Å². The predicted octanol–water partition coefficient (Wildman–Crippen LogP) is 3.23. The van der Waals surface area contributed by atoms with Crippen molar-refractivity contribution in [3.63, 3.8) is 0 Å². The molecule has 0 saturated carbocycles. The minimum atomic E-state index is -0.521. The summed E-state index contributed by atoms with van der Waals surface area (Å²) < 4.78 is 5.10. The molecule has 7 heteroatoms. The maximum atomic E-state index is 11.4. The highest BCUT2D eigenvalue weighted by atomic mass is 16.6. The molecule has 1 N–H and O–H groups in total. The van der Waals surface area contributed by atoms with E-state index in [1.807, 2.05) is 6.08 Å². The van der Waals surface area contributed by atoms with Gasteiger partial charge in [0.1, 0.15) is 11.3 Å². The molecule has 0 atom stereocenters. The topological polar surface area (TPSA) is 94.4 Å². The van der Waals surface area contributed by atoms with E-state index in [0.29, 0.717) is 24.2 Å². The number of carbonyl (C=O) groups excluding carboxylic acids is 1. The number of nitrogens with zero attached hydrogens (tertiary/aromatic N) is 2. The molecular formula is C15H21N3O4. The van der Waals surface area contributed by atoms with E-state index in [1.54, 1.807) is 40.0 Å². The molecule has 1 aromatic rings. The smallest absolute Gasteiger partial charge is 0.407 e. The van der Waals surface area contributed by atoms with Crippen LogP contribution in [0.3, 0.4) is 0 Å². The zero-order valence-corrected chi connectivity index (χ0v) is 13.3. The van der Waals surface area contributed by atoms with Gasteiger partial charge in [-0.1, -0.05) is 12.2 Å². The van der Waals surface area contributed by atoms with Gasteiger partial charge in [0.05, 0.1) is 4.92 Å². The average molecular weight is 307 g/mol. The van der Waals surface area contributed by atoms with Crippen molar-refractivity contribution in [2.45, 2.75) is 39.7 Å². The maximum absolute atomic E-state index is 11.4. The minimum absolute atomic E-state index is 0.00553. The zero-order chi connectivity index (χ0) is 16.8. The molecule has 120 valence electrons. The number of rotatable bonds is 5. The first-order valence-electron chi connectivity index (χ1n) is 6.93. The van der Waals surface area contributed by atoms with E-state index >= 15 is 0 Å². The lowest BCUT2D eigenvalue weighted by molar-refractivity contribution is -0.385. The summed E-state index contributed by atoms with van der Waals surface area (Å²) in [6.45, 7) is 7.40. The number of aromatic nitrogens is 1. The first-order valence-corrected chi connectivity index (χ1v) is 6.93. The molecule has 0 fully saturated rings. The summed E-state index contributed by atoms with van der Waals surface area (Å²) in [6.07, 6.45) is 5.23. The van der Waals surface area contributed by atoms with Crippen molar-refractivity contribution < 1.29 is 14.5 Å². The van der Waals surface area contributed by atoms with Gasteiger partial charge in [0.2, 0.25) is 0 Å². The van der Waals surface area contributed by atoms with E-state index in [0.717, 1.165) is 0 Å². The van der Waals surface area contributed by atoms with Crippen LogP contribution in [0.25, 0.3) is 6.08 Å². The molecular weight excluding hydrogens is 286 g/mol. The van der Waals surface area contributed by atoms with Crippen LogP contribution in [0.15, 0.2) is 18.3 Å². The summed E-state index contributed by atoms with van der Waals surface area (Å²) >= 11 is 0. The molecule has 22 heavy (non-hydrogen) atoms. The highest BCUT2D eigenvalue weighted by Crippen LogP contribution is 2.17. The standard InChI is InChI=1S/C15H21N3O4/c1-11-13(18(20)21)9-12(10-17-11)7-5-6-8-16-14(19)22-15(2,3)4/h5,7,9-10H,6,8H2,1-4H3,(H,16,19). The maximum Gasteiger partial charge on any atom is 0.407 e. The van der Waals surface area contributed by atoms with Crippen molar-refractivity contribution >= 4 is 17.9 Å². The Hall–Kier alpha value is -2.44. The third kappa shape index (κ3) is 6.34. The molecule has 1 rings (SSSR count). The summed E-state index contributed by atoms with van der Waals surface area (Å²) in [4.78, 5) is 25.8. The van der Waals surface area contributed by atoms with Crippen LogP contribution in [0.4, 0.5) is 10.5 Å². The molecule has 0 aromatic carbocycles. The Morgan fingerprint density at radius 2 is 2.18 bits per heavy atom. The van der Waals surface area contributed by atoms with Gasteiger partial charge >= 0.3 is 6.09 Å². The van der Waals surface area contributed by atoms with Gasteiger partial charge in [0, 0.05) is 18.8 Å². The summed E-state index contributed by atoms with van der Waals surface area (Å²) in [5.41, 5.74) is 0.504. The van der Waals surface area contributed by atoms with Crippen LogP contribution in [0, 0.1) is 17.0 Å². The fourth-order valence-electron chi connectivity index (χ4n) is 1.60. The van der Waals surface area contributed by atoms with Crippen molar-refractivity contribution in [1.29, 1.82) is 0 Å². The highest BCUT2D eigenvalue weighted by Gasteiger charge is 2.15. The molecule has 0 bridgehead atoms. The molecule has 0 saturated heterocycles. The van der Waals surface area contributed by atoms with Crippen molar-refractivity contribution in [3.8, 4) is 0 Å². The lowest BCUT2D eigenvalue weighted by atomic mass is 10.2. The van der Waals surface area contributed by atoms with Crippen LogP contribution in [-0.4, -0.2) is 28.1 Å². The highest BCUT2D eigenvalue weighted by molar-refractivity contribution is 5.67. The molecule has 1 heterocycles. The van der Waals surface area contributed by atoms with Gasteiger partial charge in [0.25, 0.3) is 5.69 Å². The number of aryl methyl sites for hydroxylation is 1. The van der Waals surface area contributed by atoms with E-state index < -0.39 is 16.6 Å². The van der Waals surface area contributed by atoms with Gasteiger partial charge in [-0.2, -0.15) is 0 Å². The lowest BCUT2D eigenvalue weighted by Gasteiger charge is -2.19. The van der Waals surface area contributed by atoms with Crippen LogP contribution in [0.1, 0.15) is 38.4 Å². The summed E-state index contributed by atoms with van der Waals surface area (Å²) in [5, 5.41) is 13.4. The molecule has 0 spiro atoms. The molecule has 7 nitrogen and oxygen atoms in total. The first kappa shape index (κ1) is 17.6. The largest absolute Gasteiger partial charge is 0.444 e. The Bertz CT molecular complexity index is 577. The van der Waals surface area contributed by atoms with Crippen LogP contribution < -0.4 is 5.32 Å². The number of hydrogen-bond acceptors (Lipinski definition) is 5. The van der Waals surface area contributed by atoms with E-state index in [-0.39, 0.29) is 5.69 Å². The Kier molecular flexibility index (Phi) is 6.03. The Labute approximate surface area is 129 Å². The van der Waals surface area contributed by atoms with Gasteiger partial charge in [-0.3, -0.25) is 15.1 Å². The summed E-state index contributed by atoms with van der Waals surface area (Å²) in [6, 6.07) is 1.47. The van der Waals surface area contributed by atoms with Gasteiger partial charge in [0.15, 0.2) is 0 Å². The molecule has 1 amide bonds. The second kappa shape index (κ2) is 7.53. The zero-order valence-electron chi connectivity index (χ0n) is 13.3. The van der Waals surface area contributed by atoms with Gasteiger partial charge in [-0.25, -0.2) is 4.79 Å². The van der Waals surface area contributed by atoms with Crippen molar-refractivity contribution in [2.75, 3.05) is 6.54 Å². The monoisotopic (exact) mass is 307 g/mol. The van der Waals surface area contributed by atoms with Crippen LogP contribution in [0.2, 0.25) is 0 Å². The molecule has 0 aliphatic heterocycles. The predicted molar refractivity (Wildman–Crippen MR) is 83.5 cm³/mol. The molecule has 0 radical (unpaired) electrons. The summed E-state index contributed by atoms with van der Waals surface area (Å²) in [7, 11) is 0. The van der Waals surface area contributed by atoms with E-state index in [4.69, 9.17) is 4.74 Å². The van der Waals surface area contributed by atoms with Crippen LogP contribution >= 0.6 is 0 Å². The van der Waals surface area contributed by atoms with Crippen LogP contribution in [-0.2, 0) is 4.74 Å². The lowest BCUT2D eigenvalue weighted by Crippen LogP contribution is -2.32. The molecule has 0 aliphatic rings. The number of amides is 1. The Morgan fingerprint density at radius 3 is 2.77 bits per heavy atom. The first-order chi connectivity index (χ1) is 10.2. The van der Waals surface area contributed by atoms with Crippen molar-refractivity contribution in [1.82, 2.24) is 10.3 Å².